The number of aryl methyl sites for hydroxylation is 1. The van der Waals surface area contributed by atoms with Gasteiger partial charge in [0.2, 0.25) is 5.76 Å². The number of hydrogen-bond acceptors (Lipinski definition) is 4. The molecule has 2 aromatic carbocycles. The molecule has 5 nitrogen and oxygen atoms in total. The molecule has 0 saturated heterocycles. The highest BCUT2D eigenvalue weighted by molar-refractivity contribution is 5.89. The molecule has 3 rings (SSSR count). The van der Waals surface area contributed by atoms with Crippen LogP contribution in [0.2, 0.25) is 0 Å². The van der Waals surface area contributed by atoms with Crippen molar-refractivity contribution in [3.05, 3.63) is 95.4 Å². The van der Waals surface area contributed by atoms with Crippen LogP contribution in [0.5, 0.6) is 0 Å². The van der Waals surface area contributed by atoms with Crippen molar-refractivity contribution >= 4 is 11.9 Å². The fraction of sp³-hybridized carbons (Fsp3) is 0.143. The Kier molecular flexibility index (Phi) is 5.49. The summed E-state index contributed by atoms with van der Waals surface area (Å²) in [5.74, 6) is -0.365. The van der Waals surface area contributed by atoms with E-state index in [0.717, 1.165) is 11.1 Å². The first kappa shape index (κ1) is 17.5. The molecule has 0 aliphatic carbocycles. The summed E-state index contributed by atoms with van der Waals surface area (Å²) in [4.78, 5) is 24.2. The van der Waals surface area contributed by atoms with Crippen molar-refractivity contribution in [2.75, 3.05) is 6.61 Å². The minimum Gasteiger partial charge on any atom is -0.454 e. The SMILES string of the molecule is Cc1ccc(C(=O)OCC(=O)NC(c2ccccc2)c2ccccc2)o1. The zero-order chi connectivity index (χ0) is 18.4. The van der Waals surface area contributed by atoms with Crippen LogP contribution in [0.1, 0.15) is 33.5 Å². The zero-order valence-electron chi connectivity index (χ0n) is 14.3. The summed E-state index contributed by atoms with van der Waals surface area (Å²) in [7, 11) is 0. The molecule has 1 N–H and O–H groups in total. The maximum absolute atomic E-state index is 12.3. The quantitative estimate of drug-likeness (QED) is 0.690. The molecule has 0 aliphatic rings. The molecule has 3 aromatic rings. The summed E-state index contributed by atoms with van der Waals surface area (Å²) in [6.07, 6.45) is 0. The van der Waals surface area contributed by atoms with E-state index in [4.69, 9.17) is 9.15 Å². The van der Waals surface area contributed by atoms with Gasteiger partial charge in [0.1, 0.15) is 5.76 Å². The Morgan fingerprint density at radius 1 is 0.923 bits per heavy atom. The van der Waals surface area contributed by atoms with Gasteiger partial charge in [0.25, 0.3) is 5.91 Å². The lowest BCUT2D eigenvalue weighted by Crippen LogP contribution is -2.33. The molecule has 0 saturated carbocycles. The summed E-state index contributed by atoms with van der Waals surface area (Å²) in [5.41, 5.74) is 1.89. The van der Waals surface area contributed by atoms with Crippen LogP contribution in [-0.2, 0) is 9.53 Å². The molecular formula is C21H19NO4. The predicted molar refractivity (Wildman–Crippen MR) is 96.6 cm³/mol. The minimum atomic E-state index is -0.663. The lowest BCUT2D eigenvalue weighted by Gasteiger charge is -2.19. The van der Waals surface area contributed by atoms with Gasteiger partial charge in [-0.15, -0.1) is 0 Å². The van der Waals surface area contributed by atoms with E-state index in [9.17, 15) is 9.59 Å². The van der Waals surface area contributed by atoms with Crippen molar-refractivity contribution < 1.29 is 18.7 Å². The predicted octanol–water partition coefficient (Wildman–Crippen LogP) is 3.65. The summed E-state index contributed by atoms with van der Waals surface area (Å²) in [5, 5.41) is 2.91. The largest absolute Gasteiger partial charge is 0.454 e. The summed E-state index contributed by atoms with van der Waals surface area (Å²) < 4.78 is 10.2. The molecule has 0 bridgehead atoms. The third-order valence-corrected chi connectivity index (χ3v) is 3.85. The molecular weight excluding hydrogens is 330 g/mol. The first-order valence-corrected chi connectivity index (χ1v) is 8.26. The van der Waals surface area contributed by atoms with E-state index in [2.05, 4.69) is 5.32 Å². The van der Waals surface area contributed by atoms with E-state index in [1.54, 1.807) is 13.0 Å². The number of nitrogens with one attached hydrogen (secondary N) is 1. The van der Waals surface area contributed by atoms with Crippen LogP contribution in [0.4, 0.5) is 0 Å². The first-order valence-electron chi connectivity index (χ1n) is 8.26. The van der Waals surface area contributed by atoms with Crippen LogP contribution in [0, 0.1) is 6.92 Å². The number of carbonyl (C=O) groups excluding carboxylic acids is 2. The standard InChI is InChI=1S/C21H19NO4/c1-15-12-13-18(26-15)21(24)25-14-19(23)22-20(16-8-4-2-5-9-16)17-10-6-3-7-11-17/h2-13,20H,14H2,1H3,(H,22,23). The Morgan fingerprint density at radius 2 is 1.50 bits per heavy atom. The maximum atomic E-state index is 12.3. The number of esters is 1. The Balaban J connectivity index is 1.67. The maximum Gasteiger partial charge on any atom is 0.374 e. The van der Waals surface area contributed by atoms with Gasteiger partial charge in [-0.2, -0.15) is 0 Å². The van der Waals surface area contributed by atoms with Crippen molar-refractivity contribution in [1.82, 2.24) is 5.32 Å². The first-order chi connectivity index (χ1) is 12.6. The van der Waals surface area contributed by atoms with E-state index >= 15 is 0 Å². The molecule has 0 spiro atoms. The highest BCUT2D eigenvalue weighted by Crippen LogP contribution is 2.21. The number of hydrogen-bond donors (Lipinski definition) is 1. The molecule has 26 heavy (non-hydrogen) atoms. The zero-order valence-corrected chi connectivity index (χ0v) is 14.3. The summed E-state index contributed by atoms with van der Waals surface area (Å²) >= 11 is 0. The molecule has 132 valence electrons. The Morgan fingerprint density at radius 3 is 2.00 bits per heavy atom. The monoisotopic (exact) mass is 349 g/mol. The molecule has 1 amide bonds. The number of furan rings is 1. The lowest BCUT2D eigenvalue weighted by atomic mass is 9.99. The van der Waals surface area contributed by atoms with Gasteiger partial charge in [-0.1, -0.05) is 60.7 Å². The summed E-state index contributed by atoms with van der Waals surface area (Å²) in [6.45, 7) is 1.35. The second-order valence-electron chi connectivity index (χ2n) is 5.81. The van der Waals surface area contributed by atoms with Crippen molar-refractivity contribution in [3.63, 3.8) is 0 Å². The normalized spacial score (nSPS) is 10.5. The lowest BCUT2D eigenvalue weighted by molar-refractivity contribution is -0.124. The van der Waals surface area contributed by atoms with Crippen LogP contribution >= 0.6 is 0 Å². The number of benzene rings is 2. The van der Waals surface area contributed by atoms with Crippen LogP contribution in [0.3, 0.4) is 0 Å². The molecule has 5 heteroatoms. The van der Waals surface area contributed by atoms with Gasteiger partial charge in [0.15, 0.2) is 6.61 Å². The van der Waals surface area contributed by atoms with Crippen molar-refractivity contribution in [3.8, 4) is 0 Å². The molecule has 0 atom stereocenters. The Labute approximate surface area is 151 Å². The number of ether oxygens (including phenoxy) is 1. The van der Waals surface area contributed by atoms with Crippen LogP contribution in [0.25, 0.3) is 0 Å². The fourth-order valence-electron chi connectivity index (χ4n) is 2.60. The Bertz CT molecular complexity index is 832. The minimum absolute atomic E-state index is 0.0815. The fourth-order valence-corrected chi connectivity index (χ4v) is 2.60. The highest BCUT2D eigenvalue weighted by atomic mass is 16.5. The molecule has 1 heterocycles. The second kappa shape index (κ2) is 8.16. The van der Waals surface area contributed by atoms with Crippen LogP contribution in [-0.4, -0.2) is 18.5 Å². The van der Waals surface area contributed by atoms with E-state index in [0.29, 0.717) is 5.76 Å². The average Bonchev–Trinajstić information content (AvgIpc) is 3.12. The number of rotatable bonds is 6. The molecule has 1 aromatic heterocycles. The summed E-state index contributed by atoms with van der Waals surface area (Å²) in [6, 6.07) is 22.1. The molecule has 0 radical (unpaired) electrons. The van der Waals surface area contributed by atoms with E-state index in [1.807, 2.05) is 60.7 Å². The highest BCUT2D eigenvalue weighted by Gasteiger charge is 2.18. The van der Waals surface area contributed by atoms with Crippen molar-refractivity contribution in [2.24, 2.45) is 0 Å². The van der Waals surface area contributed by atoms with Gasteiger partial charge in [-0.25, -0.2) is 4.79 Å². The van der Waals surface area contributed by atoms with Gasteiger partial charge in [-0.05, 0) is 30.2 Å². The molecule has 0 aliphatic heterocycles. The van der Waals surface area contributed by atoms with Crippen molar-refractivity contribution in [1.29, 1.82) is 0 Å². The van der Waals surface area contributed by atoms with Crippen LogP contribution in [0.15, 0.2) is 77.2 Å². The topological polar surface area (TPSA) is 68.5 Å². The van der Waals surface area contributed by atoms with Crippen molar-refractivity contribution in [2.45, 2.75) is 13.0 Å². The number of carbonyl (C=O) groups is 2. The van der Waals surface area contributed by atoms with Gasteiger partial charge in [-0.3, -0.25) is 4.79 Å². The average molecular weight is 349 g/mol. The third kappa shape index (κ3) is 4.39. The molecule has 0 fully saturated rings. The van der Waals surface area contributed by atoms with Crippen LogP contribution < -0.4 is 5.32 Å². The third-order valence-electron chi connectivity index (χ3n) is 3.85. The van der Waals surface area contributed by atoms with Gasteiger partial charge in [0.05, 0.1) is 6.04 Å². The molecule has 0 unspecified atom stereocenters. The van der Waals surface area contributed by atoms with E-state index in [1.165, 1.54) is 6.07 Å². The van der Waals surface area contributed by atoms with Gasteiger partial charge < -0.3 is 14.5 Å². The number of amides is 1. The second-order valence-corrected chi connectivity index (χ2v) is 5.81. The van der Waals surface area contributed by atoms with E-state index < -0.39 is 5.97 Å². The van der Waals surface area contributed by atoms with Gasteiger partial charge in [0, 0.05) is 0 Å². The smallest absolute Gasteiger partial charge is 0.374 e. The van der Waals surface area contributed by atoms with Gasteiger partial charge >= 0.3 is 5.97 Å². The Hall–Kier alpha value is -3.34. The van der Waals surface area contributed by atoms with E-state index in [-0.39, 0.29) is 24.3 Å².